The summed E-state index contributed by atoms with van der Waals surface area (Å²) < 4.78 is 5.22. The van der Waals surface area contributed by atoms with Crippen LogP contribution in [0.25, 0.3) is 0 Å². The summed E-state index contributed by atoms with van der Waals surface area (Å²) in [5, 5.41) is 9.25. The van der Waals surface area contributed by atoms with Crippen LogP contribution in [0.1, 0.15) is 6.42 Å². The van der Waals surface area contributed by atoms with Gasteiger partial charge in [-0.25, -0.2) is 0 Å². The van der Waals surface area contributed by atoms with Gasteiger partial charge in [-0.2, -0.15) is 0 Å². The maximum atomic E-state index is 12.3. The molecule has 6 atom stereocenters. The van der Waals surface area contributed by atoms with Gasteiger partial charge in [0.25, 0.3) is 0 Å². The third-order valence-electron chi connectivity index (χ3n) is 4.70. The lowest BCUT2D eigenvalue weighted by atomic mass is 9.68. The van der Waals surface area contributed by atoms with Crippen LogP contribution in [-0.2, 0) is 14.3 Å². The first-order valence-corrected chi connectivity index (χ1v) is 5.74. The van der Waals surface area contributed by atoms with Crippen LogP contribution in [-0.4, -0.2) is 35.0 Å². The van der Waals surface area contributed by atoms with Gasteiger partial charge < -0.3 is 9.84 Å². The van der Waals surface area contributed by atoms with Crippen LogP contribution in [0.5, 0.6) is 0 Å². The van der Waals surface area contributed by atoms with Gasteiger partial charge in [0.2, 0.25) is 0 Å². The molecule has 0 spiro atoms. The lowest BCUT2D eigenvalue weighted by Crippen LogP contribution is -2.50. The van der Waals surface area contributed by atoms with Crippen molar-refractivity contribution in [3.8, 4) is 0 Å². The van der Waals surface area contributed by atoms with E-state index in [-0.39, 0.29) is 41.8 Å². The molecule has 1 N–H and O–H groups in total. The van der Waals surface area contributed by atoms with E-state index in [4.69, 9.17) is 4.74 Å². The van der Waals surface area contributed by atoms with Gasteiger partial charge in [0, 0.05) is 11.8 Å². The summed E-state index contributed by atoms with van der Waals surface area (Å²) in [5.41, 5.74) is -1.16. The number of fused-ring (bicyclic) bond motifs is 6. The predicted octanol–water partition coefficient (Wildman–Crippen LogP) is -0.294. The highest BCUT2D eigenvalue weighted by atomic mass is 16.6. The number of ketones is 2. The highest BCUT2D eigenvalue weighted by Gasteiger charge is 2.75. The van der Waals surface area contributed by atoms with Crippen LogP contribution in [0.15, 0.2) is 12.2 Å². The molecule has 2 bridgehead atoms. The van der Waals surface area contributed by atoms with Crippen molar-refractivity contribution in [2.24, 2.45) is 23.7 Å². The van der Waals surface area contributed by atoms with Crippen molar-refractivity contribution >= 4 is 11.6 Å². The Bertz CT molecular complexity index is 440. The van der Waals surface area contributed by atoms with Crippen LogP contribution in [0.4, 0.5) is 0 Å². The number of Topliss-reactive ketones (excluding diaryl/α,β-unsaturated/α-hetero) is 2. The van der Waals surface area contributed by atoms with Gasteiger partial charge in [0.05, 0.1) is 6.61 Å². The lowest BCUT2D eigenvalue weighted by molar-refractivity contribution is -0.139. The Morgan fingerprint density at radius 1 is 1.31 bits per heavy atom. The van der Waals surface area contributed by atoms with E-state index in [9.17, 15) is 14.7 Å². The zero-order valence-corrected chi connectivity index (χ0v) is 8.63. The number of carbonyl (C=O) groups is 2. The second kappa shape index (κ2) is 2.46. The highest BCUT2D eigenvalue weighted by molar-refractivity contribution is 6.09. The van der Waals surface area contributed by atoms with E-state index in [0.29, 0.717) is 0 Å². The first-order valence-electron chi connectivity index (χ1n) is 5.74. The zero-order valence-electron chi connectivity index (χ0n) is 8.63. The maximum absolute atomic E-state index is 12.3. The molecule has 84 valence electrons. The topological polar surface area (TPSA) is 66.9 Å². The number of ether oxygens (including phenoxy) is 1. The Kier molecular flexibility index (Phi) is 1.40. The molecule has 2 saturated carbocycles. The Morgan fingerprint density at radius 2 is 2.00 bits per heavy atom. The Hall–Kier alpha value is -1.00. The van der Waals surface area contributed by atoms with Crippen molar-refractivity contribution < 1.29 is 19.4 Å². The van der Waals surface area contributed by atoms with Gasteiger partial charge in [0.15, 0.2) is 23.3 Å². The summed E-state index contributed by atoms with van der Waals surface area (Å²) in [6.07, 6.45) is 4.37. The molecule has 3 aliphatic carbocycles. The van der Waals surface area contributed by atoms with E-state index in [2.05, 4.69) is 6.08 Å². The van der Waals surface area contributed by atoms with Crippen LogP contribution in [0.3, 0.4) is 0 Å². The molecule has 1 heterocycles. The summed E-state index contributed by atoms with van der Waals surface area (Å²) in [5.74, 6) is 0.0207. The average Bonchev–Trinajstić information content (AvgIpc) is 2.71. The van der Waals surface area contributed by atoms with Crippen LogP contribution < -0.4 is 0 Å². The Balaban J connectivity index is 1.81. The van der Waals surface area contributed by atoms with E-state index in [1.165, 1.54) is 0 Å². The number of carbonyl (C=O) groups excluding carboxylic acids is 2. The molecule has 0 aromatic rings. The fourth-order valence-electron chi connectivity index (χ4n) is 3.87. The second-order valence-electron chi connectivity index (χ2n) is 5.31. The zero-order chi connectivity index (χ0) is 11.1. The average molecular weight is 220 g/mol. The summed E-state index contributed by atoms with van der Waals surface area (Å²) in [6, 6.07) is 0. The summed E-state index contributed by atoms with van der Waals surface area (Å²) >= 11 is 0. The van der Waals surface area contributed by atoms with Gasteiger partial charge in [-0.3, -0.25) is 9.59 Å². The minimum Gasteiger partial charge on any atom is -0.393 e. The van der Waals surface area contributed by atoms with E-state index in [0.717, 1.165) is 6.42 Å². The minimum absolute atomic E-state index is 0.0375. The normalized spacial score (nSPS) is 56.4. The number of allylic oxidation sites excluding steroid dienone is 2. The van der Waals surface area contributed by atoms with Crippen LogP contribution in [0, 0.1) is 23.7 Å². The van der Waals surface area contributed by atoms with Crippen LogP contribution >= 0.6 is 0 Å². The smallest absolute Gasteiger partial charge is 0.183 e. The van der Waals surface area contributed by atoms with Crippen molar-refractivity contribution in [3.63, 3.8) is 0 Å². The van der Waals surface area contributed by atoms with Crippen molar-refractivity contribution in [3.05, 3.63) is 12.2 Å². The SMILES string of the molecule is O=C1C2C3C=CC(C3)C2C(=O)C2(CO)OC12. The van der Waals surface area contributed by atoms with E-state index >= 15 is 0 Å². The van der Waals surface area contributed by atoms with E-state index in [1.54, 1.807) is 0 Å². The standard InChI is InChI=1S/C12H12O4/c13-4-12-10(15)8-6-2-1-5(3-6)7(8)9(14)11(12)16-12/h1-2,5-8,11,13H,3-4H2. The number of hydrogen-bond acceptors (Lipinski definition) is 4. The molecule has 16 heavy (non-hydrogen) atoms. The monoisotopic (exact) mass is 220 g/mol. The molecule has 0 aromatic carbocycles. The molecule has 1 aliphatic heterocycles. The molecule has 6 unspecified atom stereocenters. The second-order valence-corrected chi connectivity index (χ2v) is 5.31. The molecular formula is C12H12O4. The summed E-state index contributed by atoms with van der Waals surface area (Å²) in [4.78, 5) is 24.4. The molecular weight excluding hydrogens is 208 g/mol. The van der Waals surface area contributed by atoms with Crippen molar-refractivity contribution in [1.29, 1.82) is 0 Å². The predicted molar refractivity (Wildman–Crippen MR) is 52.4 cm³/mol. The molecule has 3 fully saturated rings. The van der Waals surface area contributed by atoms with Gasteiger partial charge >= 0.3 is 0 Å². The molecule has 1 saturated heterocycles. The number of rotatable bonds is 1. The molecule has 0 aromatic heterocycles. The van der Waals surface area contributed by atoms with Gasteiger partial charge in [-0.05, 0) is 18.3 Å². The molecule has 0 amide bonds. The fourth-order valence-corrected chi connectivity index (χ4v) is 3.87. The number of aliphatic hydroxyl groups excluding tert-OH is 1. The van der Waals surface area contributed by atoms with Crippen LogP contribution in [0.2, 0.25) is 0 Å². The molecule has 0 radical (unpaired) electrons. The van der Waals surface area contributed by atoms with Crippen molar-refractivity contribution in [2.45, 2.75) is 18.1 Å². The lowest BCUT2D eigenvalue weighted by Gasteiger charge is -2.30. The van der Waals surface area contributed by atoms with Crippen molar-refractivity contribution in [2.75, 3.05) is 6.61 Å². The van der Waals surface area contributed by atoms with Crippen molar-refractivity contribution in [1.82, 2.24) is 0 Å². The van der Waals surface area contributed by atoms with E-state index in [1.807, 2.05) is 6.08 Å². The summed E-state index contributed by atoms with van der Waals surface area (Å²) in [6.45, 7) is -0.355. The first kappa shape index (κ1) is 9.07. The van der Waals surface area contributed by atoms with Gasteiger partial charge in [-0.1, -0.05) is 12.2 Å². The number of epoxide rings is 1. The Labute approximate surface area is 92.3 Å². The van der Waals surface area contributed by atoms with Gasteiger partial charge in [-0.15, -0.1) is 0 Å². The largest absolute Gasteiger partial charge is 0.393 e. The minimum atomic E-state index is -1.16. The van der Waals surface area contributed by atoms with E-state index < -0.39 is 11.7 Å². The molecule has 4 aliphatic rings. The third-order valence-corrected chi connectivity index (χ3v) is 4.70. The molecule has 4 nitrogen and oxygen atoms in total. The first-order chi connectivity index (χ1) is 7.69. The number of hydrogen-bond donors (Lipinski definition) is 1. The fraction of sp³-hybridized carbons (Fsp3) is 0.667. The maximum Gasteiger partial charge on any atom is 0.183 e. The highest BCUT2D eigenvalue weighted by Crippen LogP contribution is 2.58. The molecule has 4 rings (SSSR count). The molecule has 4 heteroatoms. The van der Waals surface area contributed by atoms with Gasteiger partial charge in [0.1, 0.15) is 0 Å². The summed E-state index contributed by atoms with van der Waals surface area (Å²) in [7, 11) is 0. The quantitative estimate of drug-likeness (QED) is 0.487. The third kappa shape index (κ3) is 0.749. The number of aliphatic hydroxyl groups is 1. The Morgan fingerprint density at radius 3 is 2.69 bits per heavy atom.